The van der Waals surface area contributed by atoms with Gasteiger partial charge in [0.1, 0.15) is 11.5 Å². The Balaban J connectivity index is 1.78. The van der Waals surface area contributed by atoms with Gasteiger partial charge >= 0.3 is 0 Å². The van der Waals surface area contributed by atoms with Crippen molar-refractivity contribution in [3.8, 4) is 22.6 Å². The lowest BCUT2D eigenvalue weighted by molar-refractivity contribution is 0.394. The molecule has 0 amide bonds. The van der Waals surface area contributed by atoms with E-state index in [4.69, 9.17) is 9.47 Å². The molecule has 21 heavy (non-hydrogen) atoms. The SMILES string of the molecule is COc1cc(OC)cc(-c2ccc(CNC3CC3)cc2)c1. The molecule has 0 radical (unpaired) electrons. The van der Waals surface area contributed by atoms with Gasteiger partial charge < -0.3 is 14.8 Å². The summed E-state index contributed by atoms with van der Waals surface area (Å²) in [4.78, 5) is 0. The highest BCUT2D eigenvalue weighted by atomic mass is 16.5. The van der Waals surface area contributed by atoms with Gasteiger partial charge in [-0.3, -0.25) is 0 Å². The number of methoxy groups -OCH3 is 2. The largest absolute Gasteiger partial charge is 0.497 e. The molecule has 0 aliphatic heterocycles. The fourth-order valence-corrected chi connectivity index (χ4v) is 2.34. The third-order valence-electron chi connectivity index (χ3n) is 3.81. The van der Waals surface area contributed by atoms with E-state index in [1.54, 1.807) is 14.2 Å². The van der Waals surface area contributed by atoms with Crippen molar-refractivity contribution in [3.05, 3.63) is 48.0 Å². The van der Waals surface area contributed by atoms with Crippen LogP contribution in [0.5, 0.6) is 11.5 Å². The van der Waals surface area contributed by atoms with Crippen LogP contribution in [0.4, 0.5) is 0 Å². The van der Waals surface area contributed by atoms with Crippen LogP contribution in [0.15, 0.2) is 42.5 Å². The van der Waals surface area contributed by atoms with E-state index in [0.717, 1.165) is 29.6 Å². The van der Waals surface area contributed by atoms with Gasteiger partial charge in [-0.25, -0.2) is 0 Å². The first-order valence-electron chi connectivity index (χ1n) is 7.34. The zero-order valence-corrected chi connectivity index (χ0v) is 12.6. The molecule has 0 spiro atoms. The van der Waals surface area contributed by atoms with Crippen molar-refractivity contribution in [1.82, 2.24) is 5.32 Å². The molecule has 0 atom stereocenters. The Bertz CT molecular complexity index is 581. The molecule has 3 heteroatoms. The molecule has 0 aromatic heterocycles. The van der Waals surface area contributed by atoms with Gasteiger partial charge in [-0.1, -0.05) is 24.3 Å². The Hall–Kier alpha value is -2.00. The lowest BCUT2D eigenvalue weighted by atomic mass is 10.0. The van der Waals surface area contributed by atoms with Crippen LogP contribution < -0.4 is 14.8 Å². The lowest BCUT2D eigenvalue weighted by Gasteiger charge is -2.09. The lowest BCUT2D eigenvalue weighted by Crippen LogP contribution is -2.14. The first kappa shape index (κ1) is 14.0. The average molecular weight is 283 g/mol. The number of benzene rings is 2. The van der Waals surface area contributed by atoms with Gasteiger partial charge in [0.15, 0.2) is 0 Å². The van der Waals surface area contributed by atoms with Crippen molar-refractivity contribution < 1.29 is 9.47 Å². The van der Waals surface area contributed by atoms with E-state index in [-0.39, 0.29) is 0 Å². The summed E-state index contributed by atoms with van der Waals surface area (Å²) in [6, 6.07) is 15.3. The molecule has 1 aliphatic rings. The second-order valence-electron chi connectivity index (χ2n) is 5.45. The van der Waals surface area contributed by atoms with Gasteiger partial charge in [0.25, 0.3) is 0 Å². The number of nitrogens with one attached hydrogen (secondary N) is 1. The molecule has 0 heterocycles. The van der Waals surface area contributed by atoms with E-state index >= 15 is 0 Å². The van der Waals surface area contributed by atoms with Crippen LogP contribution in [0.2, 0.25) is 0 Å². The third-order valence-corrected chi connectivity index (χ3v) is 3.81. The maximum Gasteiger partial charge on any atom is 0.123 e. The summed E-state index contributed by atoms with van der Waals surface area (Å²) in [6.45, 7) is 0.951. The maximum absolute atomic E-state index is 5.32. The second kappa shape index (κ2) is 6.19. The fourth-order valence-electron chi connectivity index (χ4n) is 2.34. The van der Waals surface area contributed by atoms with Gasteiger partial charge in [-0.05, 0) is 41.7 Å². The maximum atomic E-state index is 5.32. The Morgan fingerprint density at radius 1 is 0.905 bits per heavy atom. The van der Waals surface area contributed by atoms with Crippen molar-refractivity contribution >= 4 is 0 Å². The van der Waals surface area contributed by atoms with Crippen molar-refractivity contribution in [2.75, 3.05) is 14.2 Å². The zero-order valence-electron chi connectivity index (χ0n) is 12.6. The van der Waals surface area contributed by atoms with Crippen LogP contribution in [0, 0.1) is 0 Å². The summed E-state index contributed by atoms with van der Waals surface area (Å²) in [5.74, 6) is 1.62. The van der Waals surface area contributed by atoms with Gasteiger partial charge in [0.05, 0.1) is 14.2 Å². The van der Waals surface area contributed by atoms with Crippen LogP contribution >= 0.6 is 0 Å². The third kappa shape index (κ3) is 3.56. The first-order chi connectivity index (χ1) is 10.3. The molecule has 1 N–H and O–H groups in total. The van der Waals surface area contributed by atoms with Gasteiger partial charge in [-0.15, -0.1) is 0 Å². The van der Waals surface area contributed by atoms with E-state index < -0.39 is 0 Å². The van der Waals surface area contributed by atoms with Crippen molar-refractivity contribution in [3.63, 3.8) is 0 Å². The van der Waals surface area contributed by atoms with E-state index in [1.165, 1.54) is 24.0 Å². The molecular formula is C18H21NO2. The highest BCUT2D eigenvalue weighted by Crippen LogP contribution is 2.30. The zero-order chi connectivity index (χ0) is 14.7. The Labute approximate surface area is 125 Å². The second-order valence-corrected chi connectivity index (χ2v) is 5.45. The van der Waals surface area contributed by atoms with Crippen molar-refractivity contribution in [2.24, 2.45) is 0 Å². The van der Waals surface area contributed by atoms with Crippen molar-refractivity contribution in [2.45, 2.75) is 25.4 Å². The van der Waals surface area contributed by atoms with Crippen LogP contribution in [-0.2, 0) is 6.54 Å². The van der Waals surface area contributed by atoms with Crippen LogP contribution in [0.25, 0.3) is 11.1 Å². The quantitative estimate of drug-likeness (QED) is 0.878. The average Bonchev–Trinajstić information content (AvgIpc) is 3.37. The molecule has 2 aromatic carbocycles. The summed E-state index contributed by atoms with van der Waals surface area (Å²) in [5.41, 5.74) is 3.59. The van der Waals surface area contributed by atoms with Crippen LogP contribution in [0.1, 0.15) is 18.4 Å². The predicted molar refractivity (Wildman–Crippen MR) is 84.8 cm³/mol. The molecule has 0 bridgehead atoms. The predicted octanol–water partition coefficient (Wildman–Crippen LogP) is 3.62. The smallest absolute Gasteiger partial charge is 0.123 e. The summed E-state index contributed by atoms with van der Waals surface area (Å²) in [5, 5.41) is 3.53. The summed E-state index contributed by atoms with van der Waals surface area (Å²) in [6.07, 6.45) is 2.64. The Morgan fingerprint density at radius 2 is 1.52 bits per heavy atom. The van der Waals surface area contributed by atoms with E-state index in [2.05, 4.69) is 29.6 Å². The van der Waals surface area contributed by atoms with Crippen LogP contribution in [0.3, 0.4) is 0 Å². The molecule has 3 nitrogen and oxygen atoms in total. The number of hydrogen-bond donors (Lipinski definition) is 1. The van der Waals surface area contributed by atoms with Gasteiger partial charge in [0, 0.05) is 18.7 Å². The number of rotatable bonds is 6. The normalized spacial score (nSPS) is 14.0. The molecule has 110 valence electrons. The highest BCUT2D eigenvalue weighted by molar-refractivity contribution is 5.67. The van der Waals surface area contributed by atoms with E-state index in [0.29, 0.717) is 0 Å². The van der Waals surface area contributed by atoms with Crippen LogP contribution in [-0.4, -0.2) is 20.3 Å². The highest BCUT2D eigenvalue weighted by Gasteiger charge is 2.19. The Kier molecular flexibility index (Phi) is 4.11. The minimum absolute atomic E-state index is 0.743. The molecule has 0 saturated heterocycles. The first-order valence-corrected chi connectivity index (χ1v) is 7.34. The molecule has 2 aromatic rings. The minimum atomic E-state index is 0.743. The molecular weight excluding hydrogens is 262 g/mol. The molecule has 3 rings (SSSR count). The molecule has 0 unspecified atom stereocenters. The monoisotopic (exact) mass is 283 g/mol. The number of hydrogen-bond acceptors (Lipinski definition) is 3. The Morgan fingerprint density at radius 3 is 2.05 bits per heavy atom. The summed E-state index contributed by atoms with van der Waals surface area (Å²) >= 11 is 0. The van der Waals surface area contributed by atoms with Gasteiger partial charge in [0.2, 0.25) is 0 Å². The summed E-state index contributed by atoms with van der Waals surface area (Å²) in [7, 11) is 3.34. The topological polar surface area (TPSA) is 30.5 Å². The summed E-state index contributed by atoms with van der Waals surface area (Å²) < 4.78 is 10.6. The van der Waals surface area contributed by atoms with Crippen molar-refractivity contribution in [1.29, 1.82) is 0 Å². The standard InChI is InChI=1S/C18H21NO2/c1-20-17-9-15(10-18(11-17)21-2)14-5-3-13(4-6-14)12-19-16-7-8-16/h3-6,9-11,16,19H,7-8,12H2,1-2H3. The molecule has 1 saturated carbocycles. The molecule has 1 fully saturated rings. The molecule has 1 aliphatic carbocycles. The fraction of sp³-hybridized carbons (Fsp3) is 0.333. The minimum Gasteiger partial charge on any atom is -0.497 e. The van der Waals surface area contributed by atoms with E-state index in [1.807, 2.05) is 18.2 Å². The van der Waals surface area contributed by atoms with Gasteiger partial charge in [-0.2, -0.15) is 0 Å². The number of ether oxygens (including phenoxy) is 2. The van der Waals surface area contributed by atoms with E-state index in [9.17, 15) is 0 Å².